The number of carbonyl (C=O) groups excluding carboxylic acids is 1. The number of nitrogens with zero attached hydrogens (tertiary/aromatic N) is 2. The Morgan fingerprint density at radius 3 is 2.68 bits per heavy atom. The van der Waals surface area contributed by atoms with Crippen LogP contribution in [0.4, 0.5) is 5.13 Å². The average molecular weight is 280 g/mol. The molecular formula is C11H12N4O3S. The summed E-state index contributed by atoms with van der Waals surface area (Å²) in [6.07, 6.45) is 1.10. The van der Waals surface area contributed by atoms with E-state index in [9.17, 15) is 14.4 Å². The van der Waals surface area contributed by atoms with E-state index < -0.39 is 17.2 Å². The zero-order chi connectivity index (χ0) is 14.2. The summed E-state index contributed by atoms with van der Waals surface area (Å²) in [5, 5.41) is 2.96. The van der Waals surface area contributed by atoms with Gasteiger partial charge < -0.3 is 4.98 Å². The number of rotatable bonds is 2. The Bertz CT molecular complexity index is 737. The second kappa shape index (κ2) is 4.81. The minimum absolute atomic E-state index is 0.132. The highest BCUT2D eigenvalue weighted by atomic mass is 32.1. The number of hydrogen-bond donors (Lipinski definition) is 2. The highest BCUT2D eigenvalue weighted by Gasteiger charge is 2.15. The van der Waals surface area contributed by atoms with Gasteiger partial charge in [0.05, 0.1) is 5.69 Å². The van der Waals surface area contributed by atoms with Crippen LogP contribution in [0.1, 0.15) is 20.9 Å². The van der Waals surface area contributed by atoms with Crippen LogP contribution in [0.3, 0.4) is 0 Å². The van der Waals surface area contributed by atoms with Crippen LogP contribution in [-0.4, -0.2) is 20.4 Å². The van der Waals surface area contributed by atoms with Gasteiger partial charge in [-0.05, 0) is 13.8 Å². The summed E-state index contributed by atoms with van der Waals surface area (Å²) in [6.45, 7) is 3.72. The zero-order valence-corrected chi connectivity index (χ0v) is 11.4. The van der Waals surface area contributed by atoms with Crippen molar-refractivity contribution in [1.29, 1.82) is 0 Å². The van der Waals surface area contributed by atoms with Crippen LogP contribution >= 0.6 is 11.3 Å². The van der Waals surface area contributed by atoms with E-state index in [-0.39, 0.29) is 5.56 Å². The lowest BCUT2D eigenvalue weighted by Crippen LogP contribution is -2.37. The molecule has 1 amide bonds. The topological polar surface area (TPSA) is 96.8 Å². The molecule has 0 aliphatic heterocycles. The first kappa shape index (κ1) is 13.2. The summed E-state index contributed by atoms with van der Waals surface area (Å²) in [5.41, 5.74) is -0.518. The van der Waals surface area contributed by atoms with E-state index in [1.54, 1.807) is 0 Å². The van der Waals surface area contributed by atoms with Gasteiger partial charge in [0, 0.05) is 18.1 Å². The van der Waals surface area contributed by atoms with Crippen LogP contribution in [0.15, 0.2) is 15.8 Å². The van der Waals surface area contributed by atoms with E-state index in [4.69, 9.17) is 0 Å². The van der Waals surface area contributed by atoms with Crippen molar-refractivity contribution in [3.8, 4) is 0 Å². The average Bonchev–Trinajstić information content (AvgIpc) is 2.65. The van der Waals surface area contributed by atoms with E-state index >= 15 is 0 Å². The lowest BCUT2D eigenvalue weighted by atomic mass is 10.3. The Morgan fingerprint density at radius 1 is 1.42 bits per heavy atom. The molecule has 0 unspecified atom stereocenters. The van der Waals surface area contributed by atoms with Gasteiger partial charge in [-0.1, -0.05) is 0 Å². The molecule has 2 N–H and O–H groups in total. The summed E-state index contributed by atoms with van der Waals surface area (Å²) in [4.78, 5) is 42.3. The Morgan fingerprint density at radius 2 is 2.11 bits per heavy atom. The number of aromatic nitrogens is 3. The molecular weight excluding hydrogens is 268 g/mol. The van der Waals surface area contributed by atoms with E-state index in [0.717, 1.165) is 21.3 Å². The fraction of sp³-hybridized carbons (Fsp3) is 0.273. The number of aromatic amines is 1. The molecule has 0 aliphatic rings. The largest absolute Gasteiger partial charge is 0.328 e. The molecule has 19 heavy (non-hydrogen) atoms. The van der Waals surface area contributed by atoms with Crippen LogP contribution in [0.5, 0.6) is 0 Å². The van der Waals surface area contributed by atoms with E-state index in [2.05, 4.69) is 15.3 Å². The van der Waals surface area contributed by atoms with Gasteiger partial charge in [0.15, 0.2) is 5.13 Å². The number of anilines is 1. The molecule has 0 saturated heterocycles. The first-order valence-corrected chi connectivity index (χ1v) is 6.26. The van der Waals surface area contributed by atoms with Gasteiger partial charge in [-0.15, -0.1) is 11.3 Å². The molecule has 2 aromatic rings. The molecule has 0 saturated carbocycles. The number of H-pyrrole nitrogens is 1. The fourth-order valence-corrected chi connectivity index (χ4v) is 2.23. The molecule has 2 rings (SSSR count). The smallest absolute Gasteiger partial charge is 0.313 e. The first-order valence-electron chi connectivity index (χ1n) is 5.44. The van der Waals surface area contributed by atoms with Gasteiger partial charge in [-0.25, -0.2) is 9.78 Å². The van der Waals surface area contributed by atoms with Gasteiger partial charge in [0.1, 0.15) is 5.56 Å². The van der Waals surface area contributed by atoms with Crippen molar-refractivity contribution in [2.45, 2.75) is 13.8 Å². The predicted octanol–water partition coefficient (Wildman–Crippen LogP) is 0.399. The van der Waals surface area contributed by atoms with Gasteiger partial charge in [0.2, 0.25) is 0 Å². The number of aryl methyl sites for hydroxylation is 2. The summed E-state index contributed by atoms with van der Waals surface area (Å²) < 4.78 is 0.841. The molecule has 0 fully saturated rings. The Hall–Kier alpha value is -2.22. The molecule has 0 bridgehead atoms. The highest BCUT2D eigenvalue weighted by Crippen LogP contribution is 2.21. The second-order valence-corrected chi connectivity index (χ2v) is 5.19. The van der Waals surface area contributed by atoms with Crippen LogP contribution in [0, 0.1) is 13.8 Å². The lowest BCUT2D eigenvalue weighted by Gasteiger charge is -2.02. The standard InChI is InChI=1S/C11H12N4O3S/c1-5-6(2)19-10(13-5)14-8(16)7-4-12-11(18)15(3)9(7)17/h4H,1-3H3,(H,12,18)(H,13,14,16). The molecule has 8 heteroatoms. The number of carbonyl (C=O) groups is 1. The molecule has 0 aliphatic carbocycles. The maximum Gasteiger partial charge on any atom is 0.328 e. The third-order valence-electron chi connectivity index (χ3n) is 2.67. The Labute approximate surface area is 111 Å². The van der Waals surface area contributed by atoms with Crippen molar-refractivity contribution < 1.29 is 4.79 Å². The maximum atomic E-state index is 11.9. The van der Waals surface area contributed by atoms with Crippen LogP contribution in [-0.2, 0) is 7.05 Å². The summed E-state index contributed by atoms with van der Waals surface area (Å²) in [5.74, 6) is -0.592. The summed E-state index contributed by atoms with van der Waals surface area (Å²) in [6, 6.07) is 0. The lowest BCUT2D eigenvalue weighted by molar-refractivity contribution is 0.102. The van der Waals surface area contributed by atoms with Gasteiger partial charge in [-0.3, -0.25) is 19.5 Å². The third kappa shape index (κ3) is 2.48. The summed E-state index contributed by atoms with van der Waals surface area (Å²) >= 11 is 1.33. The number of amides is 1. The van der Waals surface area contributed by atoms with E-state index in [1.165, 1.54) is 18.4 Å². The quantitative estimate of drug-likeness (QED) is 0.832. The van der Waals surface area contributed by atoms with Crippen molar-refractivity contribution in [3.63, 3.8) is 0 Å². The molecule has 0 aromatic carbocycles. The van der Waals surface area contributed by atoms with Crippen molar-refractivity contribution in [3.05, 3.63) is 43.2 Å². The first-order chi connectivity index (χ1) is 8.90. The third-order valence-corrected chi connectivity index (χ3v) is 3.66. The molecule has 7 nitrogen and oxygen atoms in total. The predicted molar refractivity (Wildman–Crippen MR) is 71.8 cm³/mol. The monoisotopic (exact) mass is 280 g/mol. The van der Waals surface area contributed by atoms with Gasteiger partial charge in [0.25, 0.3) is 11.5 Å². The summed E-state index contributed by atoms with van der Waals surface area (Å²) in [7, 11) is 1.30. The van der Waals surface area contributed by atoms with Crippen LogP contribution in [0.2, 0.25) is 0 Å². The Kier molecular flexibility index (Phi) is 3.34. The van der Waals surface area contributed by atoms with Crippen molar-refractivity contribution >= 4 is 22.4 Å². The molecule has 0 radical (unpaired) electrons. The number of nitrogens with one attached hydrogen (secondary N) is 2. The van der Waals surface area contributed by atoms with Gasteiger partial charge in [-0.2, -0.15) is 0 Å². The highest BCUT2D eigenvalue weighted by molar-refractivity contribution is 7.15. The normalized spacial score (nSPS) is 10.5. The SMILES string of the molecule is Cc1nc(NC(=O)c2c[nH]c(=O)n(C)c2=O)sc1C. The minimum atomic E-state index is -0.647. The Balaban J connectivity index is 2.33. The molecule has 2 heterocycles. The number of thiazole rings is 1. The second-order valence-electron chi connectivity index (χ2n) is 3.99. The molecule has 100 valence electrons. The zero-order valence-electron chi connectivity index (χ0n) is 10.6. The maximum absolute atomic E-state index is 11.9. The van der Waals surface area contributed by atoms with Crippen molar-refractivity contribution in [1.82, 2.24) is 14.5 Å². The minimum Gasteiger partial charge on any atom is -0.313 e. The van der Waals surface area contributed by atoms with Crippen LogP contribution < -0.4 is 16.6 Å². The molecule has 0 atom stereocenters. The van der Waals surface area contributed by atoms with Crippen molar-refractivity contribution in [2.75, 3.05) is 5.32 Å². The molecule has 0 spiro atoms. The van der Waals surface area contributed by atoms with Gasteiger partial charge >= 0.3 is 5.69 Å². The molecule has 2 aromatic heterocycles. The fourth-order valence-electron chi connectivity index (χ4n) is 1.42. The number of hydrogen-bond acceptors (Lipinski definition) is 5. The van der Waals surface area contributed by atoms with E-state index in [0.29, 0.717) is 5.13 Å². The van der Waals surface area contributed by atoms with Crippen molar-refractivity contribution in [2.24, 2.45) is 7.05 Å². The van der Waals surface area contributed by atoms with Crippen LogP contribution in [0.25, 0.3) is 0 Å². The van der Waals surface area contributed by atoms with E-state index in [1.807, 2.05) is 13.8 Å².